The van der Waals surface area contributed by atoms with Crippen LogP contribution >= 0.6 is 0 Å². The van der Waals surface area contributed by atoms with E-state index >= 15 is 0 Å². The third kappa shape index (κ3) is 1.76. The molecule has 1 saturated heterocycles. The van der Waals surface area contributed by atoms with Gasteiger partial charge in [0.05, 0.1) is 18.7 Å². The molecule has 1 aliphatic rings. The first kappa shape index (κ1) is 11.2. The first-order valence-electron chi connectivity index (χ1n) is 6.08. The van der Waals surface area contributed by atoms with Crippen molar-refractivity contribution in [3.63, 3.8) is 0 Å². The maximum absolute atomic E-state index is 12.4. The number of nitrogens with zero attached hydrogens (tertiary/aromatic N) is 3. The molecule has 1 amide bonds. The summed E-state index contributed by atoms with van der Waals surface area (Å²) < 4.78 is 7.20. The Balaban J connectivity index is 2.00. The van der Waals surface area contributed by atoms with Gasteiger partial charge in [-0.05, 0) is 19.1 Å². The average molecular weight is 245 g/mol. The molecule has 18 heavy (non-hydrogen) atoms. The highest BCUT2D eigenvalue weighted by atomic mass is 16.5. The van der Waals surface area contributed by atoms with Crippen molar-refractivity contribution >= 4 is 11.4 Å². The highest BCUT2D eigenvalue weighted by Crippen LogP contribution is 2.15. The minimum atomic E-state index is -0.00454. The van der Waals surface area contributed by atoms with Gasteiger partial charge in [0.25, 0.3) is 5.91 Å². The SMILES string of the molecule is Cc1nc(C(=O)N2CCOCC2)c2ccccn12. The molecule has 0 radical (unpaired) electrons. The number of aromatic nitrogens is 2. The molecule has 5 nitrogen and oxygen atoms in total. The number of fused-ring (bicyclic) bond motifs is 1. The summed E-state index contributed by atoms with van der Waals surface area (Å²) in [6.45, 7) is 4.41. The van der Waals surface area contributed by atoms with Crippen molar-refractivity contribution in [2.45, 2.75) is 6.92 Å². The van der Waals surface area contributed by atoms with E-state index in [0.29, 0.717) is 32.0 Å². The van der Waals surface area contributed by atoms with E-state index in [0.717, 1.165) is 11.3 Å². The van der Waals surface area contributed by atoms with Gasteiger partial charge in [0, 0.05) is 19.3 Å². The smallest absolute Gasteiger partial charge is 0.274 e. The summed E-state index contributed by atoms with van der Waals surface area (Å²) in [6, 6.07) is 5.78. The summed E-state index contributed by atoms with van der Waals surface area (Å²) in [5.41, 5.74) is 1.40. The van der Waals surface area contributed by atoms with Crippen molar-refractivity contribution in [3.05, 3.63) is 35.9 Å². The van der Waals surface area contributed by atoms with E-state index < -0.39 is 0 Å². The predicted octanol–water partition coefficient (Wildman–Crippen LogP) is 1.12. The Kier molecular flexibility index (Phi) is 2.76. The van der Waals surface area contributed by atoms with Gasteiger partial charge in [-0.1, -0.05) is 6.07 Å². The molecular formula is C13H15N3O2. The molecule has 1 fully saturated rings. The van der Waals surface area contributed by atoms with Crippen LogP contribution in [0.1, 0.15) is 16.3 Å². The van der Waals surface area contributed by atoms with Crippen LogP contribution in [0.25, 0.3) is 5.52 Å². The summed E-state index contributed by atoms with van der Waals surface area (Å²) in [5, 5.41) is 0. The standard InChI is InChI=1S/C13H15N3O2/c1-10-14-12(11-4-2-3-5-16(10)11)13(17)15-6-8-18-9-7-15/h2-5H,6-9H2,1H3. The second-order valence-corrected chi connectivity index (χ2v) is 4.37. The first-order chi connectivity index (χ1) is 8.77. The number of hydrogen-bond donors (Lipinski definition) is 0. The zero-order valence-electron chi connectivity index (χ0n) is 10.3. The van der Waals surface area contributed by atoms with Crippen molar-refractivity contribution in [2.75, 3.05) is 26.3 Å². The van der Waals surface area contributed by atoms with Crippen LogP contribution in [0.3, 0.4) is 0 Å². The molecule has 5 heteroatoms. The Morgan fingerprint density at radius 1 is 1.33 bits per heavy atom. The molecule has 0 saturated carbocycles. The summed E-state index contributed by atoms with van der Waals surface area (Å²) in [4.78, 5) is 18.6. The lowest BCUT2D eigenvalue weighted by molar-refractivity contribution is 0.0300. The van der Waals surface area contributed by atoms with Crippen LogP contribution < -0.4 is 0 Å². The van der Waals surface area contributed by atoms with Gasteiger partial charge >= 0.3 is 0 Å². The molecule has 0 bridgehead atoms. The average Bonchev–Trinajstić information content (AvgIpc) is 2.77. The van der Waals surface area contributed by atoms with Gasteiger partial charge < -0.3 is 14.0 Å². The number of hydrogen-bond acceptors (Lipinski definition) is 3. The molecule has 0 atom stereocenters. The minimum Gasteiger partial charge on any atom is -0.378 e. The third-order valence-electron chi connectivity index (χ3n) is 3.23. The van der Waals surface area contributed by atoms with E-state index in [1.165, 1.54) is 0 Å². The molecule has 0 aromatic carbocycles. The second-order valence-electron chi connectivity index (χ2n) is 4.37. The van der Waals surface area contributed by atoms with Crippen LogP contribution in [0.15, 0.2) is 24.4 Å². The van der Waals surface area contributed by atoms with E-state index in [1.54, 1.807) is 4.90 Å². The van der Waals surface area contributed by atoms with Gasteiger partial charge in [-0.3, -0.25) is 4.79 Å². The number of aryl methyl sites for hydroxylation is 1. The fourth-order valence-corrected chi connectivity index (χ4v) is 2.26. The van der Waals surface area contributed by atoms with E-state index in [2.05, 4.69) is 4.98 Å². The Hall–Kier alpha value is -1.88. The van der Waals surface area contributed by atoms with Gasteiger partial charge in [0.2, 0.25) is 0 Å². The van der Waals surface area contributed by atoms with Crippen LogP contribution in [0.4, 0.5) is 0 Å². The van der Waals surface area contributed by atoms with E-state index in [9.17, 15) is 4.79 Å². The van der Waals surface area contributed by atoms with Gasteiger partial charge in [-0.15, -0.1) is 0 Å². The summed E-state index contributed by atoms with van der Waals surface area (Å²) in [5.74, 6) is 0.831. The zero-order chi connectivity index (χ0) is 12.5. The zero-order valence-corrected chi connectivity index (χ0v) is 10.3. The molecule has 3 heterocycles. The van der Waals surface area contributed by atoms with Crippen molar-refractivity contribution in [1.82, 2.24) is 14.3 Å². The Bertz CT molecular complexity index is 585. The number of morpholine rings is 1. The fraction of sp³-hybridized carbons (Fsp3) is 0.385. The summed E-state index contributed by atoms with van der Waals surface area (Å²) >= 11 is 0. The van der Waals surface area contributed by atoms with Crippen LogP contribution in [0, 0.1) is 6.92 Å². The van der Waals surface area contributed by atoms with Crippen LogP contribution in [-0.4, -0.2) is 46.5 Å². The first-order valence-corrected chi connectivity index (χ1v) is 6.08. The van der Waals surface area contributed by atoms with Crippen molar-refractivity contribution < 1.29 is 9.53 Å². The Labute approximate surface area is 105 Å². The second kappa shape index (κ2) is 4.42. The molecule has 0 spiro atoms. The fourth-order valence-electron chi connectivity index (χ4n) is 2.26. The number of amides is 1. The quantitative estimate of drug-likeness (QED) is 0.756. The van der Waals surface area contributed by atoms with Crippen molar-refractivity contribution in [1.29, 1.82) is 0 Å². The monoisotopic (exact) mass is 245 g/mol. The molecule has 2 aromatic rings. The van der Waals surface area contributed by atoms with E-state index in [-0.39, 0.29) is 5.91 Å². The lowest BCUT2D eigenvalue weighted by atomic mass is 10.3. The van der Waals surface area contributed by atoms with E-state index in [1.807, 2.05) is 35.7 Å². The van der Waals surface area contributed by atoms with Gasteiger partial charge in [0.15, 0.2) is 5.69 Å². The van der Waals surface area contributed by atoms with Crippen molar-refractivity contribution in [3.8, 4) is 0 Å². The Morgan fingerprint density at radius 3 is 2.89 bits per heavy atom. The maximum Gasteiger partial charge on any atom is 0.274 e. The molecule has 2 aromatic heterocycles. The van der Waals surface area contributed by atoms with Gasteiger partial charge in [-0.25, -0.2) is 4.98 Å². The number of ether oxygens (including phenoxy) is 1. The lowest BCUT2D eigenvalue weighted by Crippen LogP contribution is -2.40. The normalized spacial score (nSPS) is 16.2. The van der Waals surface area contributed by atoms with Crippen LogP contribution in [0.2, 0.25) is 0 Å². The summed E-state index contributed by atoms with van der Waals surface area (Å²) in [7, 11) is 0. The van der Waals surface area contributed by atoms with Gasteiger partial charge in [0.1, 0.15) is 5.82 Å². The van der Waals surface area contributed by atoms with Gasteiger partial charge in [-0.2, -0.15) is 0 Å². The molecule has 0 N–H and O–H groups in total. The number of carbonyl (C=O) groups excluding carboxylic acids is 1. The predicted molar refractivity (Wildman–Crippen MR) is 66.7 cm³/mol. The van der Waals surface area contributed by atoms with Crippen LogP contribution in [-0.2, 0) is 4.74 Å². The summed E-state index contributed by atoms with van der Waals surface area (Å²) in [6.07, 6.45) is 1.92. The number of imidazole rings is 1. The number of rotatable bonds is 1. The minimum absolute atomic E-state index is 0.00454. The molecule has 3 rings (SSSR count). The maximum atomic E-state index is 12.4. The molecule has 94 valence electrons. The largest absolute Gasteiger partial charge is 0.378 e. The van der Waals surface area contributed by atoms with Crippen LogP contribution in [0.5, 0.6) is 0 Å². The highest BCUT2D eigenvalue weighted by Gasteiger charge is 2.23. The molecular weight excluding hydrogens is 230 g/mol. The topological polar surface area (TPSA) is 46.8 Å². The molecule has 0 unspecified atom stereocenters. The lowest BCUT2D eigenvalue weighted by Gasteiger charge is -2.26. The van der Waals surface area contributed by atoms with Crippen molar-refractivity contribution in [2.24, 2.45) is 0 Å². The number of pyridine rings is 1. The molecule has 0 aliphatic carbocycles. The molecule has 1 aliphatic heterocycles. The van der Waals surface area contributed by atoms with E-state index in [4.69, 9.17) is 4.74 Å². The number of carbonyl (C=O) groups is 1. The highest BCUT2D eigenvalue weighted by molar-refractivity contribution is 5.99. The Morgan fingerprint density at radius 2 is 2.11 bits per heavy atom. The third-order valence-corrected chi connectivity index (χ3v) is 3.23.